The monoisotopic (exact) mass is 230 g/mol. The Hall–Kier alpha value is -1.14. The topological polar surface area (TPSA) is 87.7 Å². The van der Waals surface area contributed by atoms with E-state index in [0.717, 1.165) is 13.1 Å². The first kappa shape index (κ1) is 12.9. The second-order valence-electron chi connectivity index (χ2n) is 3.97. The molecule has 6 heteroatoms. The van der Waals surface area contributed by atoms with E-state index >= 15 is 0 Å². The summed E-state index contributed by atoms with van der Waals surface area (Å²) in [5.74, 6) is -0.871. The Labute approximate surface area is 94.3 Å². The summed E-state index contributed by atoms with van der Waals surface area (Å²) in [5, 5.41) is 14.4. The lowest BCUT2D eigenvalue weighted by atomic mass is 9.99. The van der Waals surface area contributed by atoms with E-state index in [1.165, 1.54) is 7.11 Å². The fourth-order valence-corrected chi connectivity index (χ4v) is 1.50. The van der Waals surface area contributed by atoms with Crippen molar-refractivity contribution in [1.29, 1.82) is 0 Å². The van der Waals surface area contributed by atoms with Crippen molar-refractivity contribution in [2.24, 2.45) is 5.92 Å². The van der Waals surface area contributed by atoms with Crippen molar-refractivity contribution < 1.29 is 19.4 Å². The summed E-state index contributed by atoms with van der Waals surface area (Å²) >= 11 is 0. The predicted molar refractivity (Wildman–Crippen MR) is 57.0 cm³/mol. The van der Waals surface area contributed by atoms with Crippen LogP contribution in [0.1, 0.15) is 12.8 Å². The lowest BCUT2D eigenvalue weighted by Crippen LogP contribution is -2.47. The summed E-state index contributed by atoms with van der Waals surface area (Å²) in [6, 6.07) is -0.847. The third-order valence-corrected chi connectivity index (χ3v) is 2.58. The largest absolute Gasteiger partial charge is 0.480 e. The van der Waals surface area contributed by atoms with Crippen LogP contribution in [-0.4, -0.2) is 49.8 Å². The SMILES string of the molecule is COCCC(NC(=O)CC1CNC1)C(=O)O. The molecule has 0 aromatic carbocycles. The highest BCUT2D eigenvalue weighted by atomic mass is 16.5. The van der Waals surface area contributed by atoms with Gasteiger partial charge in [0.15, 0.2) is 0 Å². The zero-order chi connectivity index (χ0) is 12.0. The molecule has 0 bridgehead atoms. The number of carbonyl (C=O) groups excluding carboxylic acids is 1. The molecule has 1 amide bonds. The van der Waals surface area contributed by atoms with Gasteiger partial charge in [-0.2, -0.15) is 0 Å². The predicted octanol–water partition coefficient (Wildman–Crippen LogP) is -0.798. The highest BCUT2D eigenvalue weighted by Gasteiger charge is 2.24. The van der Waals surface area contributed by atoms with Gasteiger partial charge in [-0.1, -0.05) is 0 Å². The van der Waals surface area contributed by atoms with Crippen LogP contribution in [-0.2, 0) is 14.3 Å². The Morgan fingerprint density at radius 1 is 1.56 bits per heavy atom. The molecule has 92 valence electrons. The van der Waals surface area contributed by atoms with Crippen molar-refractivity contribution >= 4 is 11.9 Å². The Balaban J connectivity index is 2.28. The Morgan fingerprint density at radius 2 is 2.25 bits per heavy atom. The number of carbonyl (C=O) groups is 2. The Kier molecular flexibility index (Phi) is 5.21. The highest BCUT2D eigenvalue weighted by molar-refractivity contribution is 5.83. The minimum absolute atomic E-state index is 0.199. The number of aliphatic carboxylic acids is 1. The number of carboxylic acids is 1. The van der Waals surface area contributed by atoms with Crippen LogP contribution in [0.3, 0.4) is 0 Å². The maximum Gasteiger partial charge on any atom is 0.326 e. The van der Waals surface area contributed by atoms with Crippen molar-refractivity contribution in [1.82, 2.24) is 10.6 Å². The average molecular weight is 230 g/mol. The summed E-state index contributed by atoms with van der Waals surface area (Å²) in [4.78, 5) is 22.3. The molecule has 0 aromatic rings. The van der Waals surface area contributed by atoms with Crippen LogP contribution in [0.4, 0.5) is 0 Å². The van der Waals surface area contributed by atoms with Crippen LogP contribution in [0.15, 0.2) is 0 Å². The number of amides is 1. The molecule has 0 saturated carbocycles. The van der Waals surface area contributed by atoms with E-state index in [0.29, 0.717) is 25.4 Å². The van der Waals surface area contributed by atoms with E-state index in [1.54, 1.807) is 0 Å². The van der Waals surface area contributed by atoms with Crippen molar-refractivity contribution in [2.75, 3.05) is 26.8 Å². The van der Waals surface area contributed by atoms with Crippen molar-refractivity contribution in [3.8, 4) is 0 Å². The van der Waals surface area contributed by atoms with Gasteiger partial charge >= 0.3 is 5.97 Å². The van der Waals surface area contributed by atoms with E-state index in [2.05, 4.69) is 10.6 Å². The number of ether oxygens (including phenoxy) is 1. The lowest BCUT2D eigenvalue weighted by molar-refractivity contribution is -0.142. The molecule has 1 unspecified atom stereocenters. The minimum atomic E-state index is -1.02. The van der Waals surface area contributed by atoms with Gasteiger partial charge in [0.05, 0.1) is 0 Å². The number of methoxy groups -OCH3 is 1. The molecule has 1 aliphatic rings. The molecule has 1 rings (SSSR count). The van der Waals surface area contributed by atoms with Gasteiger partial charge in [-0.15, -0.1) is 0 Å². The van der Waals surface area contributed by atoms with Crippen molar-refractivity contribution in [3.05, 3.63) is 0 Å². The smallest absolute Gasteiger partial charge is 0.326 e. The Morgan fingerprint density at radius 3 is 2.69 bits per heavy atom. The molecule has 0 aromatic heterocycles. The summed E-state index contributed by atoms with van der Waals surface area (Å²) in [6.07, 6.45) is 0.685. The van der Waals surface area contributed by atoms with E-state index in [4.69, 9.17) is 9.84 Å². The molecule has 0 radical (unpaired) electrons. The first-order valence-corrected chi connectivity index (χ1v) is 5.35. The number of carboxylic acid groups (broad SMARTS) is 1. The van der Waals surface area contributed by atoms with E-state index in [1.807, 2.05) is 0 Å². The Bertz CT molecular complexity index is 253. The minimum Gasteiger partial charge on any atom is -0.480 e. The molecule has 1 atom stereocenters. The van der Waals surface area contributed by atoms with Crippen molar-refractivity contribution in [2.45, 2.75) is 18.9 Å². The first-order chi connectivity index (χ1) is 7.63. The van der Waals surface area contributed by atoms with E-state index in [-0.39, 0.29) is 5.91 Å². The number of rotatable bonds is 7. The van der Waals surface area contributed by atoms with Gasteiger partial charge < -0.3 is 20.5 Å². The second-order valence-corrected chi connectivity index (χ2v) is 3.97. The number of hydrogen-bond acceptors (Lipinski definition) is 4. The fraction of sp³-hybridized carbons (Fsp3) is 0.800. The molecule has 0 aliphatic carbocycles. The molecule has 6 nitrogen and oxygen atoms in total. The van der Waals surface area contributed by atoms with Gasteiger partial charge in [0.2, 0.25) is 5.91 Å². The van der Waals surface area contributed by atoms with Gasteiger partial charge in [0, 0.05) is 26.6 Å². The van der Waals surface area contributed by atoms with Crippen molar-refractivity contribution in [3.63, 3.8) is 0 Å². The maximum atomic E-state index is 11.5. The van der Waals surface area contributed by atoms with Crippen LogP contribution in [0, 0.1) is 5.92 Å². The van der Waals surface area contributed by atoms with E-state index in [9.17, 15) is 9.59 Å². The van der Waals surface area contributed by atoms with Crippen LogP contribution < -0.4 is 10.6 Å². The molecule has 1 aliphatic heterocycles. The fourth-order valence-electron chi connectivity index (χ4n) is 1.50. The van der Waals surface area contributed by atoms with Crippen LogP contribution in [0.2, 0.25) is 0 Å². The van der Waals surface area contributed by atoms with Gasteiger partial charge in [-0.3, -0.25) is 4.79 Å². The number of nitrogens with one attached hydrogen (secondary N) is 2. The number of hydrogen-bond donors (Lipinski definition) is 3. The molecule has 1 saturated heterocycles. The highest BCUT2D eigenvalue weighted by Crippen LogP contribution is 2.08. The quantitative estimate of drug-likeness (QED) is 0.533. The van der Waals surface area contributed by atoms with Gasteiger partial charge in [-0.05, 0) is 19.0 Å². The third kappa shape index (κ3) is 4.16. The molecule has 16 heavy (non-hydrogen) atoms. The molecule has 1 fully saturated rings. The normalized spacial score (nSPS) is 17.6. The second kappa shape index (κ2) is 6.44. The molecular weight excluding hydrogens is 212 g/mol. The van der Waals surface area contributed by atoms with Gasteiger partial charge in [-0.25, -0.2) is 4.79 Å². The average Bonchev–Trinajstić information content (AvgIpc) is 2.18. The summed E-state index contributed by atoms with van der Waals surface area (Å²) in [6.45, 7) is 1.99. The zero-order valence-corrected chi connectivity index (χ0v) is 9.36. The van der Waals surface area contributed by atoms with Crippen LogP contribution in [0.25, 0.3) is 0 Å². The van der Waals surface area contributed by atoms with Gasteiger partial charge in [0.1, 0.15) is 6.04 Å². The molecule has 0 spiro atoms. The van der Waals surface area contributed by atoms with Crippen LogP contribution >= 0.6 is 0 Å². The zero-order valence-electron chi connectivity index (χ0n) is 9.36. The summed E-state index contributed by atoms with van der Waals surface area (Å²) in [7, 11) is 1.50. The lowest BCUT2D eigenvalue weighted by Gasteiger charge is -2.26. The maximum absolute atomic E-state index is 11.5. The molecule has 1 heterocycles. The standard InChI is InChI=1S/C10H18N2O4/c1-16-3-2-8(10(14)15)12-9(13)4-7-5-11-6-7/h7-8,11H,2-6H2,1H3,(H,12,13)(H,14,15). The van der Waals surface area contributed by atoms with E-state index < -0.39 is 12.0 Å². The molecule has 3 N–H and O–H groups in total. The molecular formula is C10H18N2O4. The first-order valence-electron chi connectivity index (χ1n) is 5.35. The van der Waals surface area contributed by atoms with Crippen LogP contribution in [0.5, 0.6) is 0 Å². The summed E-state index contributed by atoms with van der Waals surface area (Å²) < 4.78 is 4.79. The van der Waals surface area contributed by atoms with Gasteiger partial charge in [0.25, 0.3) is 0 Å². The summed E-state index contributed by atoms with van der Waals surface area (Å²) in [5.41, 5.74) is 0. The third-order valence-electron chi connectivity index (χ3n) is 2.58.